The van der Waals surface area contributed by atoms with Crippen molar-refractivity contribution in [3.05, 3.63) is 17.0 Å². The molecule has 0 saturated heterocycles. The monoisotopic (exact) mass is 247 g/mol. The summed E-state index contributed by atoms with van der Waals surface area (Å²) in [6.07, 6.45) is 3.22. The Labute approximate surface area is 93.7 Å². The van der Waals surface area contributed by atoms with E-state index in [0.29, 0.717) is 0 Å². The summed E-state index contributed by atoms with van der Waals surface area (Å²) in [5, 5.41) is 3.91. The lowest BCUT2D eigenvalue weighted by Crippen LogP contribution is -2.23. The lowest BCUT2D eigenvalue weighted by Gasteiger charge is -1.91. The molecule has 1 rings (SSSR count). The van der Waals surface area contributed by atoms with Gasteiger partial charge in [0.2, 0.25) is 0 Å². The summed E-state index contributed by atoms with van der Waals surface area (Å²) in [5.74, 6) is 0. The van der Waals surface area contributed by atoms with Crippen molar-refractivity contribution < 1.29 is 4.21 Å². The predicted molar refractivity (Wildman–Crippen MR) is 64.2 cm³/mol. The molecule has 0 aliphatic rings. The molecule has 0 aliphatic carbocycles. The molecule has 0 radical (unpaired) electrons. The zero-order valence-electron chi connectivity index (χ0n) is 7.39. The van der Waals surface area contributed by atoms with Crippen molar-refractivity contribution >= 4 is 45.7 Å². The van der Waals surface area contributed by atoms with Crippen LogP contribution in [0.15, 0.2) is 21.4 Å². The quantitative estimate of drug-likeness (QED) is 0.467. The lowest BCUT2D eigenvalue weighted by molar-refractivity contribution is 0.688. The molecule has 0 amide bonds. The molecule has 7 heteroatoms. The summed E-state index contributed by atoms with van der Waals surface area (Å²) in [6.45, 7) is 0. The number of nitrogens with two attached hydrogens (primary N) is 1. The molecule has 0 bridgehead atoms. The van der Waals surface area contributed by atoms with Crippen LogP contribution in [0.3, 0.4) is 0 Å². The Kier molecular flexibility index (Phi) is 4.18. The largest absolute Gasteiger partial charge is 0.375 e. The maximum absolute atomic E-state index is 11.1. The molecule has 0 unspecified atom stereocenters. The molecule has 0 aromatic carbocycles. The van der Waals surface area contributed by atoms with Crippen LogP contribution in [0.25, 0.3) is 0 Å². The van der Waals surface area contributed by atoms with Crippen LogP contribution in [0.5, 0.6) is 0 Å². The van der Waals surface area contributed by atoms with Gasteiger partial charge < -0.3 is 5.73 Å². The highest BCUT2D eigenvalue weighted by Crippen LogP contribution is 2.17. The van der Waals surface area contributed by atoms with Crippen molar-refractivity contribution in [2.75, 3.05) is 6.26 Å². The van der Waals surface area contributed by atoms with E-state index in [4.69, 9.17) is 5.73 Å². The summed E-state index contributed by atoms with van der Waals surface area (Å²) in [5.41, 5.74) is 7.61. The Morgan fingerprint density at radius 3 is 3.00 bits per heavy atom. The van der Waals surface area contributed by atoms with E-state index in [0.717, 1.165) is 9.09 Å². The van der Waals surface area contributed by atoms with Gasteiger partial charge in [0.05, 0.1) is 21.2 Å². The molecule has 1 aromatic heterocycles. The topological polar surface area (TPSA) is 67.5 Å². The van der Waals surface area contributed by atoms with Gasteiger partial charge in [-0.2, -0.15) is 5.10 Å². The van der Waals surface area contributed by atoms with Crippen molar-refractivity contribution in [1.82, 2.24) is 5.43 Å². The first-order chi connectivity index (χ1) is 6.59. The minimum Gasteiger partial charge on any atom is -0.375 e. The molecule has 0 spiro atoms. The Bertz CT molecular complexity index is 385. The molecule has 76 valence electrons. The molecule has 1 aromatic rings. The van der Waals surface area contributed by atoms with Crippen LogP contribution in [0.2, 0.25) is 0 Å². The van der Waals surface area contributed by atoms with E-state index >= 15 is 0 Å². The number of rotatable bonds is 3. The van der Waals surface area contributed by atoms with Crippen LogP contribution in [-0.4, -0.2) is 21.8 Å². The summed E-state index contributed by atoms with van der Waals surface area (Å²) in [4.78, 5) is 0.902. The van der Waals surface area contributed by atoms with E-state index in [2.05, 4.69) is 22.7 Å². The van der Waals surface area contributed by atoms with Crippen molar-refractivity contribution in [2.45, 2.75) is 4.21 Å². The van der Waals surface area contributed by atoms with Crippen LogP contribution >= 0.6 is 23.6 Å². The molecule has 0 aliphatic heterocycles. The fourth-order valence-electron chi connectivity index (χ4n) is 0.718. The fraction of sp³-hybridized carbons (Fsp3) is 0.143. The number of hydrogen-bond acceptors (Lipinski definition) is 4. The first-order valence-electron chi connectivity index (χ1n) is 3.61. The highest BCUT2D eigenvalue weighted by molar-refractivity contribution is 7.86. The molecule has 0 saturated carbocycles. The van der Waals surface area contributed by atoms with Gasteiger partial charge in [-0.1, -0.05) is 0 Å². The number of nitrogens with one attached hydrogen (secondary N) is 1. The van der Waals surface area contributed by atoms with Gasteiger partial charge in [0.25, 0.3) is 0 Å². The van der Waals surface area contributed by atoms with Gasteiger partial charge in [0.1, 0.15) is 0 Å². The molecular weight excluding hydrogens is 238 g/mol. The first-order valence-corrected chi connectivity index (χ1v) is 6.39. The van der Waals surface area contributed by atoms with Crippen molar-refractivity contribution in [2.24, 2.45) is 10.8 Å². The Morgan fingerprint density at radius 2 is 2.50 bits per heavy atom. The van der Waals surface area contributed by atoms with Gasteiger partial charge in [-0.25, -0.2) is 0 Å². The van der Waals surface area contributed by atoms with E-state index in [-0.39, 0.29) is 5.11 Å². The standard InChI is InChI=1S/C7H9N3OS3/c1-14(11)6-3-2-5(13-6)4-9-10-7(8)12/h2-4H,1H3,(H3,8,10,12)/b9-4-/t14-/m0/s1. The number of thiocarbonyl (C=S) groups is 1. The molecular formula is C7H9N3OS3. The van der Waals surface area contributed by atoms with Gasteiger partial charge >= 0.3 is 0 Å². The van der Waals surface area contributed by atoms with Crippen LogP contribution in [-0.2, 0) is 10.8 Å². The second-order valence-electron chi connectivity index (χ2n) is 2.35. The number of thiophene rings is 1. The molecule has 1 heterocycles. The second kappa shape index (κ2) is 5.18. The lowest BCUT2D eigenvalue weighted by atomic mass is 10.5. The number of nitrogens with zero attached hydrogens (tertiary/aromatic N) is 1. The van der Waals surface area contributed by atoms with E-state index in [1.807, 2.05) is 12.1 Å². The summed E-state index contributed by atoms with van der Waals surface area (Å²) in [6, 6.07) is 3.65. The minimum absolute atomic E-state index is 0.122. The summed E-state index contributed by atoms with van der Waals surface area (Å²) >= 11 is 5.98. The van der Waals surface area contributed by atoms with E-state index in [1.165, 1.54) is 11.3 Å². The summed E-state index contributed by atoms with van der Waals surface area (Å²) in [7, 11) is -0.936. The van der Waals surface area contributed by atoms with Gasteiger partial charge in [0, 0.05) is 11.1 Å². The number of hydrazone groups is 1. The van der Waals surface area contributed by atoms with Crippen LogP contribution in [0.1, 0.15) is 4.88 Å². The molecule has 4 nitrogen and oxygen atoms in total. The Balaban J connectivity index is 2.64. The van der Waals surface area contributed by atoms with Gasteiger partial charge in [-0.3, -0.25) is 9.63 Å². The van der Waals surface area contributed by atoms with Crippen molar-refractivity contribution in [3.8, 4) is 0 Å². The van der Waals surface area contributed by atoms with Crippen LogP contribution in [0.4, 0.5) is 0 Å². The van der Waals surface area contributed by atoms with E-state index in [1.54, 1.807) is 12.5 Å². The average molecular weight is 247 g/mol. The normalized spacial score (nSPS) is 12.9. The molecule has 3 N–H and O–H groups in total. The minimum atomic E-state index is -0.936. The Hall–Kier alpha value is -0.790. The summed E-state index contributed by atoms with van der Waals surface area (Å²) < 4.78 is 11.9. The smallest absolute Gasteiger partial charge is 0.184 e. The Morgan fingerprint density at radius 1 is 1.79 bits per heavy atom. The van der Waals surface area contributed by atoms with Gasteiger partial charge in [-0.15, -0.1) is 11.3 Å². The molecule has 14 heavy (non-hydrogen) atoms. The third-order valence-corrected chi connectivity index (χ3v) is 3.81. The van der Waals surface area contributed by atoms with Crippen molar-refractivity contribution in [1.29, 1.82) is 0 Å². The maximum atomic E-state index is 11.1. The van der Waals surface area contributed by atoms with Crippen LogP contribution in [0, 0.1) is 0 Å². The highest BCUT2D eigenvalue weighted by atomic mass is 32.2. The van der Waals surface area contributed by atoms with Crippen LogP contribution < -0.4 is 11.2 Å². The van der Waals surface area contributed by atoms with E-state index in [9.17, 15) is 4.21 Å². The zero-order valence-corrected chi connectivity index (χ0v) is 9.84. The molecule has 0 fully saturated rings. The third-order valence-electron chi connectivity index (χ3n) is 1.25. The van der Waals surface area contributed by atoms with Gasteiger partial charge in [-0.05, 0) is 24.4 Å². The highest BCUT2D eigenvalue weighted by Gasteiger charge is 2.00. The SMILES string of the molecule is C[S@](=O)c1ccc(/C=N\NC(N)=S)s1. The number of hydrogen-bond donors (Lipinski definition) is 2. The second-order valence-corrected chi connectivity index (χ2v) is 5.51. The predicted octanol–water partition coefficient (Wildman–Crippen LogP) is 0.653. The molecule has 1 atom stereocenters. The fourth-order valence-corrected chi connectivity index (χ4v) is 2.40. The van der Waals surface area contributed by atoms with Crippen molar-refractivity contribution in [3.63, 3.8) is 0 Å². The van der Waals surface area contributed by atoms with E-state index < -0.39 is 10.8 Å². The third kappa shape index (κ3) is 3.52. The average Bonchev–Trinajstić information content (AvgIpc) is 2.52. The first kappa shape index (κ1) is 11.3. The maximum Gasteiger partial charge on any atom is 0.184 e. The van der Waals surface area contributed by atoms with Gasteiger partial charge in [0.15, 0.2) is 5.11 Å². The zero-order chi connectivity index (χ0) is 10.6.